The van der Waals surface area contributed by atoms with Crippen LogP contribution < -0.4 is 15.4 Å². The molecule has 0 saturated carbocycles. The second kappa shape index (κ2) is 9.19. The highest BCUT2D eigenvalue weighted by Crippen LogP contribution is 2.24. The van der Waals surface area contributed by atoms with Gasteiger partial charge in [0.15, 0.2) is 0 Å². The number of hydrogen-bond acceptors (Lipinski definition) is 3. The number of carbonyl (C=O) groups is 1. The minimum Gasteiger partial charge on any atom is -0.331 e. The Hall–Kier alpha value is -3.03. The van der Waals surface area contributed by atoms with Gasteiger partial charge in [-0.2, -0.15) is 0 Å². The van der Waals surface area contributed by atoms with Crippen LogP contribution in [0.25, 0.3) is 0 Å². The van der Waals surface area contributed by atoms with E-state index >= 15 is 0 Å². The van der Waals surface area contributed by atoms with Crippen molar-refractivity contribution >= 4 is 39.0 Å². The highest BCUT2D eigenvalue weighted by Gasteiger charge is 2.18. The number of halogens is 1. The van der Waals surface area contributed by atoms with Crippen LogP contribution in [0.1, 0.15) is 24.1 Å². The molecular weight excluding hydrogens is 422 g/mol. The molecule has 0 spiro atoms. The van der Waals surface area contributed by atoms with E-state index in [1.807, 2.05) is 37.3 Å². The zero-order valence-electron chi connectivity index (χ0n) is 16.5. The maximum absolute atomic E-state index is 12.8. The van der Waals surface area contributed by atoms with E-state index in [9.17, 15) is 13.2 Å². The van der Waals surface area contributed by atoms with Gasteiger partial charge in [0, 0.05) is 16.4 Å². The average molecular weight is 444 g/mol. The summed E-state index contributed by atoms with van der Waals surface area (Å²) in [4.78, 5) is 12.4. The lowest BCUT2D eigenvalue weighted by Crippen LogP contribution is -2.31. The molecule has 0 fully saturated rings. The van der Waals surface area contributed by atoms with Crippen LogP contribution in [0.15, 0.2) is 77.7 Å². The molecule has 3 aromatic rings. The molecule has 0 saturated heterocycles. The molecular formula is C22H22ClN3O3S. The Labute approximate surface area is 181 Å². The number of aryl methyl sites for hydroxylation is 1. The molecule has 2 amide bonds. The van der Waals surface area contributed by atoms with Crippen molar-refractivity contribution in [3.8, 4) is 0 Å². The highest BCUT2D eigenvalue weighted by atomic mass is 35.5. The predicted octanol–water partition coefficient (Wildman–Crippen LogP) is 5.33. The molecule has 0 bridgehead atoms. The number of benzene rings is 3. The molecule has 3 N–H and O–H groups in total. The second-order valence-electron chi connectivity index (χ2n) is 6.82. The molecule has 156 valence electrons. The Balaban J connectivity index is 1.74. The summed E-state index contributed by atoms with van der Waals surface area (Å²) in [6, 6.07) is 20.0. The number of sulfonamides is 1. The maximum Gasteiger partial charge on any atom is 0.319 e. The van der Waals surface area contributed by atoms with Crippen LogP contribution in [-0.4, -0.2) is 14.4 Å². The molecule has 0 aliphatic heterocycles. The Morgan fingerprint density at radius 2 is 1.57 bits per heavy atom. The van der Waals surface area contributed by atoms with Crippen LogP contribution in [0.4, 0.5) is 16.2 Å². The SMILES string of the molecule is Cc1ccc(NC(=O)NC(C)c2ccccc2)cc1S(=O)(=O)Nc1ccc(Cl)cc1. The normalized spacial score (nSPS) is 12.1. The highest BCUT2D eigenvalue weighted by molar-refractivity contribution is 7.92. The second-order valence-corrected chi connectivity index (χ2v) is 8.91. The number of carbonyl (C=O) groups excluding carboxylic acids is 1. The Bertz CT molecular complexity index is 1130. The number of hydrogen-bond donors (Lipinski definition) is 3. The molecule has 0 aliphatic carbocycles. The van der Waals surface area contributed by atoms with Crippen molar-refractivity contribution in [2.24, 2.45) is 0 Å². The van der Waals surface area contributed by atoms with Gasteiger partial charge in [0.25, 0.3) is 10.0 Å². The van der Waals surface area contributed by atoms with Crippen molar-refractivity contribution in [1.29, 1.82) is 0 Å². The Kier molecular flexibility index (Phi) is 6.64. The van der Waals surface area contributed by atoms with Crippen LogP contribution in [0, 0.1) is 6.92 Å². The standard InChI is InChI=1S/C22H22ClN3O3S/c1-15-8-11-20(25-22(27)24-16(2)17-6-4-3-5-7-17)14-21(15)30(28,29)26-19-12-9-18(23)10-13-19/h3-14,16,26H,1-2H3,(H2,24,25,27). The third kappa shape index (κ3) is 5.52. The third-order valence-corrected chi connectivity index (χ3v) is 6.25. The van der Waals surface area contributed by atoms with Gasteiger partial charge in [0.1, 0.15) is 0 Å². The number of amides is 2. The summed E-state index contributed by atoms with van der Waals surface area (Å²) in [5, 5.41) is 6.04. The number of rotatable bonds is 6. The zero-order valence-corrected chi connectivity index (χ0v) is 18.1. The van der Waals surface area contributed by atoms with Crippen LogP contribution in [0.5, 0.6) is 0 Å². The molecule has 0 heterocycles. The first kappa shape index (κ1) is 21.7. The summed E-state index contributed by atoms with van der Waals surface area (Å²) in [5.74, 6) is 0. The first-order valence-electron chi connectivity index (χ1n) is 9.26. The van der Waals surface area contributed by atoms with Gasteiger partial charge in [0.05, 0.1) is 10.9 Å². The lowest BCUT2D eigenvalue weighted by Gasteiger charge is -2.16. The summed E-state index contributed by atoms with van der Waals surface area (Å²) < 4.78 is 28.2. The summed E-state index contributed by atoms with van der Waals surface area (Å²) in [6.45, 7) is 3.56. The molecule has 1 atom stereocenters. The molecule has 30 heavy (non-hydrogen) atoms. The van der Waals surface area contributed by atoms with Crippen molar-refractivity contribution in [2.75, 3.05) is 10.0 Å². The van der Waals surface area contributed by atoms with Crippen LogP contribution in [0.3, 0.4) is 0 Å². The molecule has 3 rings (SSSR count). The van der Waals surface area contributed by atoms with Crippen molar-refractivity contribution in [1.82, 2.24) is 5.32 Å². The average Bonchev–Trinajstić information content (AvgIpc) is 2.71. The molecule has 1 unspecified atom stereocenters. The first-order valence-corrected chi connectivity index (χ1v) is 11.1. The summed E-state index contributed by atoms with van der Waals surface area (Å²) in [6.07, 6.45) is 0. The summed E-state index contributed by atoms with van der Waals surface area (Å²) >= 11 is 5.85. The predicted molar refractivity (Wildman–Crippen MR) is 120 cm³/mol. The fourth-order valence-electron chi connectivity index (χ4n) is 2.88. The fraction of sp³-hybridized carbons (Fsp3) is 0.136. The quantitative estimate of drug-likeness (QED) is 0.481. The fourth-order valence-corrected chi connectivity index (χ4v) is 4.34. The topological polar surface area (TPSA) is 87.3 Å². The lowest BCUT2D eigenvalue weighted by atomic mass is 10.1. The zero-order chi connectivity index (χ0) is 21.7. The molecule has 0 radical (unpaired) electrons. The van der Waals surface area contributed by atoms with Gasteiger partial charge in [-0.1, -0.05) is 48.0 Å². The largest absolute Gasteiger partial charge is 0.331 e. The molecule has 6 nitrogen and oxygen atoms in total. The number of nitrogens with one attached hydrogen (secondary N) is 3. The molecule has 0 aromatic heterocycles. The monoisotopic (exact) mass is 443 g/mol. The molecule has 8 heteroatoms. The van der Waals surface area contributed by atoms with Gasteiger partial charge in [-0.05, 0) is 61.4 Å². The van der Waals surface area contributed by atoms with E-state index in [-0.39, 0.29) is 10.9 Å². The van der Waals surface area contributed by atoms with Gasteiger partial charge < -0.3 is 10.6 Å². The summed E-state index contributed by atoms with van der Waals surface area (Å²) in [7, 11) is -3.85. The Morgan fingerprint density at radius 1 is 0.933 bits per heavy atom. The smallest absolute Gasteiger partial charge is 0.319 e. The van der Waals surface area contributed by atoms with Gasteiger partial charge in [-0.3, -0.25) is 4.72 Å². The van der Waals surface area contributed by atoms with Crippen molar-refractivity contribution in [3.63, 3.8) is 0 Å². The van der Waals surface area contributed by atoms with Crippen LogP contribution in [0.2, 0.25) is 5.02 Å². The van der Waals surface area contributed by atoms with E-state index in [2.05, 4.69) is 15.4 Å². The van der Waals surface area contributed by atoms with E-state index in [1.165, 1.54) is 6.07 Å². The van der Waals surface area contributed by atoms with Crippen LogP contribution in [-0.2, 0) is 10.0 Å². The summed E-state index contributed by atoms with van der Waals surface area (Å²) in [5.41, 5.74) is 2.29. The number of anilines is 2. The van der Waals surface area contributed by atoms with E-state index in [4.69, 9.17) is 11.6 Å². The number of urea groups is 1. The van der Waals surface area contributed by atoms with E-state index in [0.717, 1.165) is 5.56 Å². The van der Waals surface area contributed by atoms with Gasteiger partial charge in [-0.15, -0.1) is 0 Å². The van der Waals surface area contributed by atoms with Gasteiger partial charge in [-0.25, -0.2) is 13.2 Å². The molecule has 3 aromatic carbocycles. The minimum absolute atomic E-state index is 0.0753. The van der Waals surface area contributed by atoms with Crippen molar-refractivity contribution < 1.29 is 13.2 Å². The maximum atomic E-state index is 12.8. The van der Waals surface area contributed by atoms with Crippen LogP contribution >= 0.6 is 11.6 Å². The van der Waals surface area contributed by atoms with Crippen molar-refractivity contribution in [3.05, 3.63) is 88.9 Å². The first-order chi connectivity index (χ1) is 14.2. The Morgan fingerprint density at radius 3 is 2.23 bits per heavy atom. The van der Waals surface area contributed by atoms with E-state index in [1.54, 1.807) is 43.3 Å². The van der Waals surface area contributed by atoms with Gasteiger partial charge >= 0.3 is 6.03 Å². The van der Waals surface area contributed by atoms with E-state index < -0.39 is 16.1 Å². The molecule has 0 aliphatic rings. The van der Waals surface area contributed by atoms with Crippen molar-refractivity contribution in [2.45, 2.75) is 24.8 Å². The third-order valence-electron chi connectivity index (χ3n) is 4.48. The minimum atomic E-state index is -3.85. The van der Waals surface area contributed by atoms with E-state index in [0.29, 0.717) is 22.0 Å². The van der Waals surface area contributed by atoms with Gasteiger partial charge in [0.2, 0.25) is 0 Å². The lowest BCUT2D eigenvalue weighted by molar-refractivity contribution is 0.249.